The van der Waals surface area contributed by atoms with Crippen LogP contribution >= 0.6 is 11.6 Å². The fourth-order valence-corrected chi connectivity index (χ4v) is 3.29. The highest BCUT2D eigenvalue weighted by molar-refractivity contribution is 6.31. The van der Waals surface area contributed by atoms with Crippen LogP contribution in [0.1, 0.15) is 44.7 Å². The lowest BCUT2D eigenvalue weighted by molar-refractivity contribution is 0.159. The van der Waals surface area contributed by atoms with Crippen molar-refractivity contribution in [3.05, 3.63) is 34.3 Å². The molecule has 2 rings (SSSR count). The molecule has 1 N–H and O–H groups in total. The van der Waals surface area contributed by atoms with Crippen molar-refractivity contribution in [3.63, 3.8) is 0 Å². The van der Waals surface area contributed by atoms with E-state index in [1.54, 1.807) is 0 Å². The third-order valence-corrected chi connectivity index (χ3v) is 4.73. The summed E-state index contributed by atoms with van der Waals surface area (Å²) in [5.41, 5.74) is 2.93. The molecule has 1 aromatic rings. The van der Waals surface area contributed by atoms with E-state index < -0.39 is 0 Å². The summed E-state index contributed by atoms with van der Waals surface area (Å²) in [6.07, 6.45) is 3.52. The smallest absolute Gasteiger partial charge is 0.0441 e. The molecular weight excluding hydrogens is 242 g/mol. The molecule has 0 aromatic heterocycles. The van der Waals surface area contributed by atoms with Crippen molar-refractivity contribution in [2.24, 2.45) is 5.41 Å². The van der Waals surface area contributed by atoms with E-state index in [1.165, 1.54) is 24.0 Å². The number of hydrogen-bond donors (Lipinski definition) is 1. The zero-order chi connectivity index (χ0) is 13.4. The summed E-state index contributed by atoms with van der Waals surface area (Å²) in [5, 5.41) is 4.65. The number of aryl methyl sites for hydroxylation is 1. The molecule has 1 fully saturated rings. The van der Waals surface area contributed by atoms with Gasteiger partial charge in [0.25, 0.3) is 0 Å². The molecule has 1 aliphatic heterocycles. The first-order valence-corrected chi connectivity index (χ1v) is 7.22. The summed E-state index contributed by atoms with van der Waals surface area (Å²) in [5.74, 6) is 0. The molecular formula is C16H24ClN. The molecule has 18 heavy (non-hydrogen) atoms. The van der Waals surface area contributed by atoms with Gasteiger partial charge in [-0.15, -0.1) is 0 Å². The van der Waals surface area contributed by atoms with Crippen molar-refractivity contribution in [1.82, 2.24) is 5.32 Å². The lowest BCUT2D eigenvalue weighted by Crippen LogP contribution is -2.52. The van der Waals surface area contributed by atoms with Crippen LogP contribution in [0.15, 0.2) is 18.2 Å². The van der Waals surface area contributed by atoms with Crippen LogP contribution in [0.25, 0.3) is 0 Å². The van der Waals surface area contributed by atoms with E-state index in [-0.39, 0.29) is 11.0 Å². The topological polar surface area (TPSA) is 12.0 Å². The maximum absolute atomic E-state index is 6.39. The highest BCUT2D eigenvalue weighted by Crippen LogP contribution is 2.40. The summed E-state index contributed by atoms with van der Waals surface area (Å²) in [4.78, 5) is 0. The molecule has 0 amide bonds. The summed E-state index contributed by atoms with van der Waals surface area (Å²) < 4.78 is 0. The van der Waals surface area contributed by atoms with E-state index in [0.29, 0.717) is 0 Å². The fourth-order valence-electron chi connectivity index (χ4n) is 2.98. The predicted molar refractivity (Wildman–Crippen MR) is 79.3 cm³/mol. The molecule has 1 unspecified atom stereocenters. The van der Waals surface area contributed by atoms with Gasteiger partial charge in [-0.05, 0) is 55.3 Å². The summed E-state index contributed by atoms with van der Waals surface area (Å²) in [7, 11) is 0. The molecule has 1 heterocycles. The van der Waals surface area contributed by atoms with E-state index in [1.807, 2.05) is 0 Å². The van der Waals surface area contributed by atoms with Crippen LogP contribution in [-0.4, -0.2) is 12.1 Å². The minimum absolute atomic E-state index is 0.186. The van der Waals surface area contributed by atoms with Crippen molar-refractivity contribution >= 4 is 11.6 Å². The lowest BCUT2D eigenvalue weighted by atomic mass is 9.69. The van der Waals surface area contributed by atoms with Crippen LogP contribution in [0, 0.1) is 12.3 Å². The van der Waals surface area contributed by atoms with Crippen LogP contribution in [0.4, 0.5) is 0 Å². The van der Waals surface area contributed by atoms with E-state index >= 15 is 0 Å². The molecule has 0 bridgehead atoms. The van der Waals surface area contributed by atoms with Crippen LogP contribution in [0.3, 0.4) is 0 Å². The fraction of sp³-hybridized carbons (Fsp3) is 0.625. The Morgan fingerprint density at radius 2 is 2.06 bits per heavy atom. The van der Waals surface area contributed by atoms with Gasteiger partial charge in [0.05, 0.1) is 0 Å². The lowest BCUT2D eigenvalue weighted by Gasteiger charge is -2.43. The van der Waals surface area contributed by atoms with Gasteiger partial charge in [0.15, 0.2) is 0 Å². The average Bonchev–Trinajstić information content (AvgIpc) is 2.71. The Hall–Kier alpha value is -0.530. The first kappa shape index (κ1) is 13.9. The first-order chi connectivity index (χ1) is 8.34. The zero-order valence-corrected chi connectivity index (χ0v) is 12.7. The van der Waals surface area contributed by atoms with Crippen molar-refractivity contribution in [3.8, 4) is 0 Å². The Balaban J connectivity index is 2.30. The molecule has 1 aromatic carbocycles. The van der Waals surface area contributed by atoms with Gasteiger partial charge in [0.1, 0.15) is 0 Å². The van der Waals surface area contributed by atoms with Crippen LogP contribution < -0.4 is 5.32 Å². The first-order valence-electron chi connectivity index (χ1n) is 6.84. The second-order valence-corrected chi connectivity index (χ2v) is 7.04. The second kappa shape index (κ2) is 4.86. The molecule has 0 saturated carbocycles. The summed E-state index contributed by atoms with van der Waals surface area (Å²) in [6.45, 7) is 10.2. The van der Waals surface area contributed by atoms with Crippen molar-refractivity contribution in [2.75, 3.05) is 6.54 Å². The molecule has 0 spiro atoms. The monoisotopic (exact) mass is 265 g/mol. The van der Waals surface area contributed by atoms with Gasteiger partial charge in [0.2, 0.25) is 0 Å². The number of halogens is 1. The number of nitrogens with one attached hydrogen (secondary N) is 1. The molecule has 1 aliphatic rings. The van der Waals surface area contributed by atoms with Gasteiger partial charge in [-0.1, -0.05) is 44.5 Å². The molecule has 0 radical (unpaired) electrons. The van der Waals surface area contributed by atoms with Crippen LogP contribution in [0.5, 0.6) is 0 Å². The molecule has 1 atom stereocenters. The molecule has 100 valence electrons. The Morgan fingerprint density at radius 3 is 2.56 bits per heavy atom. The maximum Gasteiger partial charge on any atom is 0.0441 e. The molecule has 2 heteroatoms. The van der Waals surface area contributed by atoms with Crippen molar-refractivity contribution in [2.45, 2.75) is 52.5 Å². The number of rotatable bonds is 2. The minimum atomic E-state index is 0.186. The van der Waals surface area contributed by atoms with Crippen LogP contribution in [0.2, 0.25) is 5.02 Å². The molecule has 0 aliphatic carbocycles. The minimum Gasteiger partial charge on any atom is -0.310 e. The Labute approximate surface area is 116 Å². The third kappa shape index (κ3) is 2.57. The van der Waals surface area contributed by atoms with Gasteiger partial charge in [0, 0.05) is 10.6 Å². The Morgan fingerprint density at radius 1 is 1.33 bits per heavy atom. The highest BCUT2D eigenvalue weighted by Gasteiger charge is 2.43. The van der Waals surface area contributed by atoms with Gasteiger partial charge in [-0.25, -0.2) is 0 Å². The SMILES string of the molecule is Cc1ccc(CC2(C(C)(C)C)CCCN2)c(Cl)c1. The van der Waals surface area contributed by atoms with Crippen LogP contribution in [-0.2, 0) is 6.42 Å². The Bertz CT molecular complexity index is 425. The van der Waals surface area contributed by atoms with Crippen molar-refractivity contribution < 1.29 is 0 Å². The maximum atomic E-state index is 6.39. The van der Waals surface area contributed by atoms with Gasteiger partial charge < -0.3 is 5.32 Å². The standard InChI is InChI=1S/C16H24ClN/c1-12-6-7-13(14(17)10-12)11-16(15(2,3)4)8-5-9-18-16/h6-7,10,18H,5,8-9,11H2,1-4H3. The van der Waals surface area contributed by atoms with E-state index in [9.17, 15) is 0 Å². The Kier molecular flexibility index (Phi) is 3.75. The zero-order valence-electron chi connectivity index (χ0n) is 11.9. The van der Waals surface area contributed by atoms with E-state index in [0.717, 1.165) is 18.0 Å². The predicted octanol–water partition coefficient (Wildman–Crippen LogP) is 4.36. The second-order valence-electron chi connectivity index (χ2n) is 6.63. The largest absolute Gasteiger partial charge is 0.310 e. The van der Waals surface area contributed by atoms with E-state index in [2.05, 4.69) is 51.2 Å². The molecule has 1 saturated heterocycles. The summed E-state index contributed by atoms with van der Waals surface area (Å²) in [6, 6.07) is 6.42. The normalized spacial score (nSPS) is 24.5. The third-order valence-electron chi connectivity index (χ3n) is 4.38. The van der Waals surface area contributed by atoms with Gasteiger partial charge in [-0.3, -0.25) is 0 Å². The van der Waals surface area contributed by atoms with Gasteiger partial charge >= 0.3 is 0 Å². The quantitative estimate of drug-likeness (QED) is 0.838. The number of benzene rings is 1. The average molecular weight is 266 g/mol. The highest BCUT2D eigenvalue weighted by atomic mass is 35.5. The number of hydrogen-bond acceptors (Lipinski definition) is 1. The molecule has 1 nitrogen and oxygen atoms in total. The summed E-state index contributed by atoms with van der Waals surface area (Å²) >= 11 is 6.39. The van der Waals surface area contributed by atoms with Gasteiger partial charge in [-0.2, -0.15) is 0 Å². The van der Waals surface area contributed by atoms with E-state index in [4.69, 9.17) is 11.6 Å². The van der Waals surface area contributed by atoms with Crippen molar-refractivity contribution in [1.29, 1.82) is 0 Å².